The van der Waals surface area contributed by atoms with Crippen LogP contribution < -0.4 is 0 Å². The Morgan fingerprint density at radius 3 is 2.62 bits per heavy atom. The zero-order valence-electron chi connectivity index (χ0n) is 12.0. The van der Waals surface area contributed by atoms with Gasteiger partial charge in [0.1, 0.15) is 0 Å². The molecule has 5 heteroatoms. The Morgan fingerprint density at radius 2 is 1.95 bits per heavy atom. The first-order chi connectivity index (χ1) is 10.2. The van der Waals surface area contributed by atoms with Crippen molar-refractivity contribution in [3.05, 3.63) is 47.8 Å². The molecule has 2 rings (SSSR count). The van der Waals surface area contributed by atoms with Gasteiger partial charge >= 0.3 is 5.97 Å². The van der Waals surface area contributed by atoms with Crippen molar-refractivity contribution in [2.24, 2.45) is 0 Å². The molecule has 1 N–H and O–H groups in total. The number of hydrogen-bond donors (Lipinski definition) is 1. The number of unbranched alkanes of at least 4 members (excludes halogenated alkanes) is 1. The molecule has 110 valence electrons. The number of carbonyl (C=O) groups excluding carboxylic acids is 1. The summed E-state index contributed by atoms with van der Waals surface area (Å²) in [6, 6.07) is 11.1. The lowest BCUT2D eigenvalue weighted by molar-refractivity contribution is 0.0593. The minimum Gasteiger partial charge on any atom is -0.464 e. The highest BCUT2D eigenvalue weighted by Crippen LogP contribution is 2.17. The second kappa shape index (κ2) is 7.50. The predicted molar refractivity (Wildman–Crippen MR) is 78.8 cm³/mol. The van der Waals surface area contributed by atoms with Crippen LogP contribution in [0.25, 0.3) is 11.4 Å². The molecule has 0 radical (unpaired) electrons. The fourth-order valence-electron chi connectivity index (χ4n) is 1.97. The number of nitrogens with zero attached hydrogens (tertiary/aromatic N) is 2. The van der Waals surface area contributed by atoms with Gasteiger partial charge in [0.2, 0.25) is 0 Å². The van der Waals surface area contributed by atoms with Gasteiger partial charge in [-0.05, 0) is 25.3 Å². The van der Waals surface area contributed by atoms with Gasteiger partial charge in [-0.15, -0.1) is 0 Å². The summed E-state index contributed by atoms with van der Waals surface area (Å²) in [5.41, 5.74) is 1.88. The van der Waals surface area contributed by atoms with Gasteiger partial charge in [-0.3, -0.25) is 0 Å². The van der Waals surface area contributed by atoms with Gasteiger partial charge in [-0.2, -0.15) is 0 Å². The number of aryl methyl sites for hydroxylation is 1. The number of ether oxygens (including phenoxy) is 1. The molecule has 1 aromatic heterocycles. The largest absolute Gasteiger partial charge is 0.464 e. The maximum atomic E-state index is 11.7. The molecule has 2 aromatic rings. The second-order valence-electron chi connectivity index (χ2n) is 4.61. The molecule has 0 aliphatic rings. The lowest BCUT2D eigenvalue weighted by atomic mass is 10.1. The Labute approximate surface area is 123 Å². The summed E-state index contributed by atoms with van der Waals surface area (Å²) in [5, 5.41) is 8.85. The lowest BCUT2D eigenvalue weighted by Crippen LogP contribution is -2.08. The molecule has 0 saturated carbocycles. The molecule has 0 atom stereocenters. The van der Waals surface area contributed by atoms with Crippen LogP contribution in [0.1, 0.15) is 29.0 Å². The first-order valence-corrected chi connectivity index (χ1v) is 6.87. The van der Waals surface area contributed by atoms with Crippen molar-refractivity contribution in [1.82, 2.24) is 9.97 Å². The van der Waals surface area contributed by atoms with Gasteiger partial charge in [0, 0.05) is 17.9 Å². The van der Waals surface area contributed by atoms with Crippen molar-refractivity contribution >= 4 is 5.97 Å². The molecule has 1 heterocycles. The molecule has 0 bridgehead atoms. The number of methoxy groups -OCH3 is 1. The van der Waals surface area contributed by atoms with E-state index >= 15 is 0 Å². The summed E-state index contributed by atoms with van der Waals surface area (Å²) in [6.07, 6.45) is 2.20. The number of aliphatic hydroxyl groups excluding tert-OH is 1. The molecule has 5 nitrogen and oxygen atoms in total. The minimum atomic E-state index is -0.474. The van der Waals surface area contributed by atoms with E-state index in [1.807, 2.05) is 30.3 Å². The molecule has 0 fully saturated rings. The number of benzene rings is 1. The maximum absolute atomic E-state index is 11.7. The van der Waals surface area contributed by atoms with Crippen molar-refractivity contribution in [1.29, 1.82) is 0 Å². The topological polar surface area (TPSA) is 72.3 Å². The molecular weight excluding hydrogens is 268 g/mol. The number of hydrogen-bond acceptors (Lipinski definition) is 5. The summed E-state index contributed by atoms with van der Waals surface area (Å²) >= 11 is 0. The molecule has 1 aromatic carbocycles. The smallest absolute Gasteiger partial charge is 0.356 e. The van der Waals surface area contributed by atoms with Gasteiger partial charge in [-0.1, -0.05) is 30.3 Å². The summed E-state index contributed by atoms with van der Waals surface area (Å²) in [7, 11) is 1.33. The molecule has 0 unspecified atom stereocenters. The van der Waals surface area contributed by atoms with Gasteiger partial charge in [0.15, 0.2) is 11.5 Å². The molecule has 0 aliphatic heterocycles. The van der Waals surface area contributed by atoms with E-state index < -0.39 is 5.97 Å². The SMILES string of the molecule is COC(=O)c1cc(CCCCO)nc(-c2ccccc2)n1. The van der Waals surface area contributed by atoms with Gasteiger partial charge < -0.3 is 9.84 Å². The van der Waals surface area contributed by atoms with Crippen molar-refractivity contribution in [3.63, 3.8) is 0 Å². The molecule has 0 aliphatic carbocycles. The zero-order chi connectivity index (χ0) is 15.1. The highest BCUT2D eigenvalue weighted by Gasteiger charge is 2.13. The van der Waals surface area contributed by atoms with E-state index in [1.54, 1.807) is 6.07 Å². The van der Waals surface area contributed by atoms with Crippen LogP contribution in [0.4, 0.5) is 0 Å². The van der Waals surface area contributed by atoms with Crippen LogP contribution in [0.3, 0.4) is 0 Å². The highest BCUT2D eigenvalue weighted by molar-refractivity contribution is 5.87. The standard InChI is InChI=1S/C16H18N2O3/c1-21-16(20)14-11-13(9-5-6-10-19)17-15(18-14)12-7-3-2-4-8-12/h2-4,7-8,11,19H,5-6,9-10H2,1H3. The predicted octanol–water partition coefficient (Wildman–Crippen LogP) is 2.25. The minimum absolute atomic E-state index is 0.153. The summed E-state index contributed by atoms with van der Waals surface area (Å²) in [4.78, 5) is 20.5. The van der Waals surface area contributed by atoms with Crippen LogP contribution in [-0.4, -0.2) is 34.8 Å². The van der Waals surface area contributed by atoms with E-state index in [4.69, 9.17) is 9.84 Å². The van der Waals surface area contributed by atoms with Crippen molar-refractivity contribution in [2.45, 2.75) is 19.3 Å². The summed E-state index contributed by atoms with van der Waals surface area (Å²) in [5.74, 6) is 0.0375. The Balaban J connectivity index is 2.35. The van der Waals surface area contributed by atoms with Crippen molar-refractivity contribution < 1.29 is 14.6 Å². The third kappa shape index (κ3) is 4.10. The molecule has 0 spiro atoms. The first kappa shape index (κ1) is 15.1. The van der Waals surface area contributed by atoms with E-state index in [2.05, 4.69) is 9.97 Å². The van der Waals surface area contributed by atoms with E-state index in [1.165, 1.54) is 7.11 Å². The van der Waals surface area contributed by atoms with E-state index in [9.17, 15) is 4.79 Å². The summed E-state index contributed by atoms with van der Waals surface area (Å²) < 4.78 is 4.74. The number of esters is 1. The van der Waals surface area contributed by atoms with Crippen molar-refractivity contribution in [3.8, 4) is 11.4 Å². The lowest BCUT2D eigenvalue weighted by Gasteiger charge is -2.07. The van der Waals surface area contributed by atoms with E-state index in [-0.39, 0.29) is 12.3 Å². The maximum Gasteiger partial charge on any atom is 0.356 e. The zero-order valence-corrected chi connectivity index (χ0v) is 12.0. The monoisotopic (exact) mass is 286 g/mol. The molecular formula is C16H18N2O3. The average molecular weight is 286 g/mol. The quantitative estimate of drug-likeness (QED) is 0.651. The van der Waals surface area contributed by atoms with Crippen LogP contribution in [-0.2, 0) is 11.2 Å². The third-order valence-corrected chi connectivity index (χ3v) is 3.05. The van der Waals surface area contributed by atoms with Crippen LogP contribution in [0.5, 0.6) is 0 Å². The van der Waals surface area contributed by atoms with Gasteiger partial charge in [-0.25, -0.2) is 14.8 Å². The van der Waals surface area contributed by atoms with Crippen molar-refractivity contribution in [2.75, 3.05) is 13.7 Å². The Morgan fingerprint density at radius 1 is 1.19 bits per heavy atom. The van der Waals surface area contributed by atoms with E-state index in [0.717, 1.165) is 17.7 Å². The number of rotatable bonds is 6. The number of aliphatic hydroxyl groups is 1. The highest BCUT2D eigenvalue weighted by atomic mass is 16.5. The number of aromatic nitrogens is 2. The van der Waals surface area contributed by atoms with Crippen LogP contribution in [0.2, 0.25) is 0 Å². The summed E-state index contributed by atoms with van der Waals surface area (Å²) in [6.45, 7) is 0.153. The second-order valence-corrected chi connectivity index (χ2v) is 4.61. The third-order valence-electron chi connectivity index (χ3n) is 3.05. The van der Waals surface area contributed by atoms with Gasteiger partial charge in [0.25, 0.3) is 0 Å². The average Bonchev–Trinajstić information content (AvgIpc) is 2.55. The Bertz CT molecular complexity index is 600. The van der Waals surface area contributed by atoms with Crippen LogP contribution in [0.15, 0.2) is 36.4 Å². The number of carbonyl (C=O) groups is 1. The normalized spacial score (nSPS) is 10.4. The van der Waals surface area contributed by atoms with Gasteiger partial charge in [0.05, 0.1) is 7.11 Å². The fourth-order valence-corrected chi connectivity index (χ4v) is 1.97. The van der Waals surface area contributed by atoms with E-state index in [0.29, 0.717) is 18.7 Å². The Kier molecular flexibility index (Phi) is 5.40. The van der Waals surface area contributed by atoms with Crippen LogP contribution in [0, 0.1) is 0 Å². The molecule has 0 saturated heterocycles. The molecule has 21 heavy (non-hydrogen) atoms. The van der Waals surface area contributed by atoms with Crippen LogP contribution >= 0.6 is 0 Å². The molecule has 0 amide bonds. The Hall–Kier alpha value is -2.27. The fraction of sp³-hybridized carbons (Fsp3) is 0.312. The first-order valence-electron chi connectivity index (χ1n) is 6.87.